The van der Waals surface area contributed by atoms with Crippen LogP contribution in [0.3, 0.4) is 0 Å². The number of halogens is 1. The third kappa shape index (κ3) is 6.85. The Morgan fingerprint density at radius 3 is 2.71 bits per heavy atom. The van der Waals surface area contributed by atoms with E-state index >= 15 is 0 Å². The number of aromatic nitrogens is 1. The summed E-state index contributed by atoms with van der Waals surface area (Å²) in [6.45, 7) is 14.4. The molecule has 0 saturated heterocycles. The highest BCUT2D eigenvalue weighted by Crippen LogP contribution is 2.22. The maximum Gasteiger partial charge on any atom is 0.191 e. The first-order chi connectivity index (χ1) is 13.1. The molecule has 0 saturated carbocycles. The van der Waals surface area contributed by atoms with Gasteiger partial charge in [0, 0.05) is 30.1 Å². The van der Waals surface area contributed by atoms with Crippen molar-refractivity contribution in [2.24, 2.45) is 4.99 Å². The Hall–Kier alpha value is -2.03. The molecule has 0 radical (unpaired) electrons. The number of para-hydroxylation sites is 1. The summed E-state index contributed by atoms with van der Waals surface area (Å²) in [6, 6.07) is 7.93. The lowest BCUT2D eigenvalue weighted by molar-refractivity contribution is 0.359. The molecule has 28 heavy (non-hydrogen) atoms. The van der Waals surface area contributed by atoms with Crippen molar-refractivity contribution in [3.63, 3.8) is 0 Å². The monoisotopic (exact) mass is 498 g/mol. The van der Waals surface area contributed by atoms with E-state index in [1.165, 1.54) is 0 Å². The van der Waals surface area contributed by atoms with Gasteiger partial charge in [-0.2, -0.15) is 0 Å². The third-order valence-electron chi connectivity index (χ3n) is 4.24. The summed E-state index contributed by atoms with van der Waals surface area (Å²) in [4.78, 5) is 4.70. The molecule has 2 N–H and O–H groups in total. The summed E-state index contributed by atoms with van der Waals surface area (Å²) in [5, 5.41) is 10.7. The number of rotatable bonds is 9. The van der Waals surface area contributed by atoms with Crippen LogP contribution in [0.5, 0.6) is 5.75 Å². The van der Waals surface area contributed by atoms with Gasteiger partial charge in [0.15, 0.2) is 5.96 Å². The molecule has 1 aromatic carbocycles. The minimum Gasteiger partial charge on any atom is -0.489 e. The fraction of sp³-hybridized carbons (Fsp3) is 0.429. The van der Waals surface area contributed by atoms with E-state index in [1.807, 2.05) is 38.1 Å². The van der Waals surface area contributed by atoms with Crippen molar-refractivity contribution >= 4 is 29.9 Å². The number of guanidine groups is 1. The third-order valence-corrected chi connectivity index (χ3v) is 4.24. The van der Waals surface area contributed by atoms with E-state index in [9.17, 15) is 0 Å². The number of aryl methyl sites for hydroxylation is 2. The first kappa shape index (κ1) is 24.0. The van der Waals surface area contributed by atoms with Gasteiger partial charge in [0.1, 0.15) is 18.1 Å². The van der Waals surface area contributed by atoms with E-state index in [4.69, 9.17) is 14.3 Å². The Kier molecular flexibility index (Phi) is 10.7. The Balaban J connectivity index is 0.00000392. The molecule has 2 rings (SSSR count). The largest absolute Gasteiger partial charge is 0.489 e. The molecule has 1 aromatic heterocycles. The number of benzene rings is 1. The van der Waals surface area contributed by atoms with Gasteiger partial charge < -0.3 is 19.9 Å². The van der Waals surface area contributed by atoms with Crippen molar-refractivity contribution in [3.05, 3.63) is 59.5 Å². The zero-order valence-corrected chi connectivity index (χ0v) is 19.4. The molecular weight excluding hydrogens is 467 g/mol. The van der Waals surface area contributed by atoms with Crippen LogP contribution in [0.4, 0.5) is 0 Å². The molecule has 7 heteroatoms. The topological polar surface area (TPSA) is 71.7 Å². The molecular formula is C21H31IN4O2. The van der Waals surface area contributed by atoms with E-state index in [-0.39, 0.29) is 29.9 Å². The summed E-state index contributed by atoms with van der Waals surface area (Å²) >= 11 is 0. The second-order valence-electron chi connectivity index (χ2n) is 6.42. The normalized spacial score (nSPS) is 12.1. The fourth-order valence-electron chi connectivity index (χ4n) is 2.98. The van der Waals surface area contributed by atoms with Crippen molar-refractivity contribution in [1.82, 2.24) is 15.8 Å². The first-order valence-corrected chi connectivity index (χ1v) is 9.33. The van der Waals surface area contributed by atoms with Crippen molar-refractivity contribution in [2.75, 3.05) is 19.7 Å². The molecule has 0 spiro atoms. The minimum absolute atomic E-state index is 0. The average Bonchev–Trinajstić information content (AvgIpc) is 3.01. The van der Waals surface area contributed by atoms with E-state index < -0.39 is 0 Å². The van der Waals surface area contributed by atoms with Gasteiger partial charge in [-0.1, -0.05) is 42.9 Å². The van der Waals surface area contributed by atoms with Crippen LogP contribution in [0.15, 0.2) is 46.4 Å². The van der Waals surface area contributed by atoms with Crippen molar-refractivity contribution in [3.8, 4) is 5.75 Å². The van der Waals surface area contributed by atoms with Gasteiger partial charge in [-0.15, -0.1) is 24.0 Å². The minimum atomic E-state index is 0. The lowest BCUT2D eigenvalue weighted by atomic mass is 10.00. The van der Waals surface area contributed by atoms with Crippen LogP contribution < -0.4 is 15.4 Å². The first-order valence-electron chi connectivity index (χ1n) is 9.33. The van der Waals surface area contributed by atoms with Crippen LogP contribution in [0.2, 0.25) is 0 Å². The molecule has 0 fully saturated rings. The number of aliphatic imine (C=N–C) groups is 1. The molecule has 154 valence electrons. The molecule has 0 aliphatic rings. The predicted molar refractivity (Wildman–Crippen MR) is 125 cm³/mol. The number of nitrogens with zero attached hydrogens (tertiary/aromatic N) is 2. The van der Waals surface area contributed by atoms with Crippen molar-refractivity contribution in [2.45, 2.75) is 40.2 Å². The van der Waals surface area contributed by atoms with Gasteiger partial charge in [-0.05, 0) is 26.8 Å². The van der Waals surface area contributed by atoms with E-state index in [1.54, 1.807) is 6.08 Å². The predicted octanol–water partition coefficient (Wildman–Crippen LogP) is 4.33. The highest BCUT2D eigenvalue weighted by atomic mass is 127. The quantitative estimate of drug-likeness (QED) is 0.233. The van der Waals surface area contributed by atoms with Gasteiger partial charge in [0.2, 0.25) is 0 Å². The standard InChI is InChI=1S/C21H30N4O2.HI/c1-6-12-26-19-11-9-8-10-18(19)14-24-21(22-7-2)23-13-15(3)20-16(4)25-27-17(20)5;/h6,8-11,15H,1,7,12-14H2,2-5H3,(H2,22,23,24);1H. The maximum absolute atomic E-state index is 5.71. The van der Waals surface area contributed by atoms with Crippen molar-refractivity contribution in [1.29, 1.82) is 0 Å². The smallest absolute Gasteiger partial charge is 0.191 e. The Morgan fingerprint density at radius 2 is 2.07 bits per heavy atom. The van der Waals surface area contributed by atoms with Crippen LogP contribution in [0, 0.1) is 13.8 Å². The highest BCUT2D eigenvalue weighted by molar-refractivity contribution is 14.0. The number of hydrogen-bond acceptors (Lipinski definition) is 4. The molecule has 1 unspecified atom stereocenters. The number of nitrogens with one attached hydrogen (secondary N) is 2. The van der Waals surface area contributed by atoms with Gasteiger partial charge in [-0.25, -0.2) is 4.99 Å². The molecule has 0 aliphatic carbocycles. The van der Waals surface area contributed by atoms with Gasteiger partial charge in [-0.3, -0.25) is 0 Å². The van der Waals surface area contributed by atoms with E-state index in [2.05, 4.69) is 36.2 Å². The Bertz CT molecular complexity index is 754. The summed E-state index contributed by atoms with van der Waals surface area (Å²) in [5.74, 6) is 2.75. The molecule has 0 amide bonds. The zero-order chi connectivity index (χ0) is 19.6. The fourth-order valence-corrected chi connectivity index (χ4v) is 2.98. The average molecular weight is 498 g/mol. The summed E-state index contributed by atoms with van der Waals surface area (Å²) in [7, 11) is 0. The molecule has 2 aromatic rings. The van der Waals surface area contributed by atoms with Crippen molar-refractivity contribution < 1.29 is 9.26 Å². The number of hydrogen-bond donors (Lipinski definition) is 2. The van der Waals surface area contributed by atoms with E-state index in [0.29, 0.717) is 13.2 Å². The molecule has 1 atom stereocenters. The van der Waals surface area contributed by atoms with E-state index in [0.717, 1.165) is 47.4 Å². The SMILES string of the molecule is C=CCOc1ccccc1CN=C(NCC)NCC(C)c1c(C)noc1C.I. The molecule has 0 aliphatic heterocycles. The van der Waals surface area contributed by atoms with Gasteiger partial charge in [0.05, 0.1) is 12.2 Å². The lowest BCUT2D eigenvalue weighted by Gasteiger charge is -2.16. The second-order valence-corrected chi connectivity index (χ2v) is 6.42. The molecule has 1 heterocycles. The van der Waals surface area contributed by atoms with Crippen LogP contribution in [0.25, 0.3) is 0 Å². The van der Waals surface area contributed by atoms with Gasteiger partial charge in [0.25, 0.3) is 0 Å². The Morgan fingerprint density at radius 1 is 1.32 bits per heavy atom. The highest BCUT2D eigenvalue weighted by Gasteiger charge is 2.16. The number of ether oxygens (including phenoxy) is 1. The lowest BCUT2D eigenvalue weighted by Crippen LogP contribution is -2.39. The maximum atomic E-state index is 5.71. The van der Waals surface area contributed by atoms with Gasteiger partial charge >= 0.3 is 0 Å². The Labute approximate surface area is 184 Å². The second kappa shape index (κ2) is 12.4. The summed E-state index contributed by atoms with van der Waals surface area (Å²) < 4.78 is 11.0. The zero-order valence-electron chi connectivity index (χ0n) is 17.1. The van der Waals surface area contributed by atoms with Crippen LogP contribution >= 0.6 is 24.0 Å². The molecule has 6 nitrogen and oxygen atoms in total. The summed E-state index contributed by atoms with van der Waals surface area (Å²) in [6.07, 6.45) is 1.74. The summed E-state index contributed by atoms with van der Waals surface area (Å²) in [5.41, 5.74) is 3.13. The van der Waals surface area contributed by atoms with Crippen LogP contribution in [-0.2, 0) is 6.54 Å². The molecule has 0 bridgehead atoms. The van der Waals surface area contributed by atoms with Crippen LogP contribution in [0.1, 0.15) is 42.3 Å². The van der Waals surface area contributed by atoms with Crippen LogP contribution in [-0.4, -0.2) is 30.8 Å².